The van der Waals surface area contributed by atoms with Gasteiger partial charge in [0.1, 0.15) is 0 Å². The quantitative estimate of drug-likeness (QED) is 0.821. The summed E-state index contributed by atoms with van der Waals surface area (Å²) in [5.41, 5.74) is 9.05. The van der Waals surface area contributed by atoms with Gasteiger partial charge in [-0.1, -0.05) is 12.1 Å². The minimum Gasteiger partial charge on any atom is -0.330 e. The zero-order valence-corrected chi connectivity index (χ0v) is 8.85. The third-order valence-electron chi connectivity index (χ3n) is 2.37. The molecule has 1 aromatic heterocycles. The molecule has 0 saturated carbocycles. The van der Waals surface area contributed by atoms with Crippen LogP contribution >= 0.6 is 0 Å². The van der Waals surface area contributed by atoms with Gasteiger partial charge >= 0.3 is 0 Å². The van der Waals surface area contributed by atoms with Crippen LogP contribution in [0, 0.1) is 6.92 Å². The van der Waals surface area contributed by atoms with Gasteiger partial charge in [-0.25, -0.2) is 4.68 Å². The third-order valence-corrected chi connectivity index (χ3v) is 2.37. The fourth-order valence-corrected chi connectivity index (χ4v) is 1.66. The maximum Gasteiger partial charge on any atom is 0.0651 e. The SMILES string of the molecule is Cc1cccc(-n2nccc2CCN)c1. The van der Waals surface area contributed by atoms with Crippen LogP contribution in [0.1, 0.15) is 11.3 Å². The highest BCUT2D eigenvalue weighted by Crippen LogP contribution is 2.12. The van der Waals surface area contributed by atoms with Gasteiger partial charge in [-0.3, -0.25) is 0 Å². The summed E-state index contributed by atoms with van der Waals surface area (Å²) >= 11 is 0. The Morgan fingerprint density at radius 1 is 1.33 bits per heavy atom. The predicted molar refractivity (Wildman–Crippen MR) is 61.1 cm³/mol. The van der Waals surface area contributed by atoms with Gasteiger partial charge in [-0.15, -0.1) is 0 Å². The van der Waals surface area contributed by atoms with Gasteiger partial charge < -0.3 is 5.73 Å². The monoisotopic (exact) mass is 201 g/mol. The van der Waals surface area contributed by atoms with Crippen molar-refractivity contribution in [3.8, 4) is 5.69 Å². The molecule has 1 aromatic carbocycles. The second kappa shape index (κ2) is 4.28. The lowest BCUT2D eigenvalue weighted by Gasteiger charge is -2.07. The van der Waals surface area contributed by atoms with Gasteiger partial charge in [0.25, 0.3) is 0 Å². The summed E-state index contributed by atoms with van der Waals surface area (Å²) in [5.74, 6) is 0. The molecular weight excluding hydrogens is 186 g/mol. The van der Waals surface area contributed by atoms with E-state index in [9.17, 15) is 0 Å². The molecular formula is C12H15N3. The summed E-state index contributed by atoms with van der Waals surface area (Å²) in [4.78, 5) is 0. The van der Waals surface area contributed by atoms with E-state index in [0.717, 1.165) is 17.8 Å². The molecule has 0 aliphatic heterocycles. The van der Waals surface area contributed by atoms with Gasteiger partial charge in [-0.05, 0) is 37.2 Å². The summed E-state index contributed by atoms with van der Waals surface area (Å²) < 4.78 is 1.94. The average Bonchev–Trinajstić information content (AvgIpc) is 2.66. The van der Waals surface area contributed by atoms with Crippen LogP contribution in [0.15, 0.2) is 36.5 Å². The van der Waals surface area contributed by atoms with Crippen molar-refractivity contribution in [1.29, 1.82) is 0 Å². The Kier molecular flexibility index (Phi) is 2.83. The number of benzene rings is 1. The summed E-state index contributed by atoms with van der Waals surface area (Å²) in [6.45, 7) is 2.73. The standard InChI is InChI=1S/C12H15N3/c1-10-3-2-4-12(9-10)15-11(5-7-13)6-8-14-15/h2-4,6,8-9H,5,7,13H2,1H3. The van der Waals surface area contributed by atoms with Crippen LogP contribution in [0.2, 0.25) is 0 Å². The molecule has 0 bridgehead atoms. The van der Waals surface area contributed by atoms with E-state index in [2.05, 4.69) is 30.2 Å². The molecule has 0 radical (unpaired) electrons. The summed E-state index contributed by atoms with van der Waals surface area (Å²) in [5, 5.41) is 4.31. The molecule has 78 valence electrons. The lowest BCUT2D eigenvalue weighted by atomic mass is 10.2. The van der Waals surface area contributed by atoms with Crippen LogP contribution in [0.4, 0.5) is 0 Å². The molecule has 0 spiro atoms. The molecule has 2 rings (SSSR count). The Labute approximate surface area is 89.5 Å². The van der Waals surface area contributed by atoms with Crippen molar-refractivity contribution in [1.82, 2.24) is 9.78 Å². The van der Waals surface area contributed by atoms with E-state index in [1.54, 1.807) is 0 Å². The molecule has 3 heteroatoms. The Balaban J connectivity index is 2.40. The van der Waals surface area contributed by atoms with E-state index in [1.165, 1.54) is 5.56 Å². The maximum absolute atomic E-state index is 5.56. The van der Waals surface area contributed by atoms with Crippen molar-refractivity contribution in [2.75, 3.05) is 6.54 Å². The first-order valence-corrected chi connectivity index (χ1v) is 5.11. The van der Waals surface area contributed by atoms with Crippen molar-refractivity contribution in [3.05, 3.63) is 47.8 Å². The molecule has 2 aromatic rings. The minimum atomic E-state index is 0.650. The lowest BCUT2D eigenvalue weighted by molar-refractivity contribution is 0.790. The molecule has 3 nitrogen and oxygen atoms in total. The molecule has 2 N–H and O–H groups in total. The Morgan fingerprint density at radius 2 is 2.20 bits per heavy atom. The second-order valence-electron chi connectivity index (χ2n) is 3.61. The fourth-order valence-electron chi connectivity index (χ4n) is 1.66. The van der Waals surface area contributed by atoms with E-state index in [0.29, 0.717) is 6.54 Å². The van der Waals surface area contributed by atoms with E-state index < -0.39 is 0 Å². The third kappa shape index (κ3) is 2.07. The van der Waals surface area contributed by atoms with Crippen molar-refractivity contribution in [3.63, 3.8) is 0 Å². The molecule has 15 heavy (non-hydrogen) atoms. The van der Waals surface area contributed by atoms with Crippen molar-refractivity contribution < 1.29 is 0 Å². The van der Waals surface area contributed by atoms with Crippen LogP contribution in [-0.4, -0.2) is 16.3 Å². The first-order valence-electron chi connectivity index (χ1n) is 5.11. The highest BCUT2D eigenvalue weighted by Gasteiger charge is 2.03. The molecule has 0 amide bonds. The van der Waals surface area contributed by atoms with Crippen LogP contribution in [0.25, 0.3) is 5.69 Å². The van der Waals surface area contributed by atoms with Crippen LogP contribution in [-0.2, 0) is 6.42 Å². The Bertz CT molecular complexity index is 446. The topological polar surface area (TPSA) is 43.8 Å². The smallest absolute Gasteiger partial charge is 0.0651 e. The lowest BCUT2D eigenvalue weighted by Crippen LogP contribution is -2.08. The average molecular weight is 201 g/mol. The summed E-state index contributed by atoms with van der Waals surface area (Å²) in [7, 11) is 0. The highest BCUT2D eigenvalue weighted by atomic mass is 15.3. The zero-order chi connectivity index (χ0) is 10.7. The van der Waals surface area contributed by atoms with Crippen molar-refractivity contribution in [2.45, 2.75) is 13.3 Å². The molecule has 0 unspecified atom stereocenters. The highest BCUT2D eigenvalue weighted by molar-refractivity contribution is 5.36. The molecule has 0 atom stereocenters. The number of rotatable bonds is 3. The number of hydrogen-bond acceptors (Lipinski definition) is 2. The molecule has 0 fully saturated rings. The first-order chi connectivity index (χ1) is 7.31. The van der Waals surface area contributed by atoms with Crippen molar-refractivity contribution in [2.24, 2.45) is 5.73 Å². The van der Waals surface area contributed by atoms with E-state index in [1.807, 2.05) is 23.0 Å². The Hall–Kier alpha value is -1.61. The fraction of sp³-hybridized carbons (Fsp3) is 0.250. The number of aryl methyl sites for hydroxylation is 1. The first kappa shape index (κ1) is 9.93. The molecule has 0 aliphatic carbocycles. The predicted octanol–water partition coefficient (Wildman–Crippen LogP) is 1.68. The van der Waals surface area contributed by atoms with E-state index in [4.69, 9.17) is 5.73 Å². The van der Waals surface area contributed by atoms with E-state index in [-0.39, 0.29) is 0 Å². The number of hydrogen-bond donors (Lipinski definition) is 1. The molecule has 0 saturated heterocycles. The van der Waals surface area contributed by atoms with Gasteiger partial charge in [0.15, 0.2) is 0 Å². The van der Waals surface area contributed by atoms with Crippen LogP contribution in [0.5, 0.6) is 0 Å². The second-order valence-corrected chi connectivity index (χ2v) is 3.61. The van der Waals surface area contributed by atoms with Gasteiger partial charge in [0.05, 0.1) is 5.69 Å². The summed E-state index contributed by atoms with van der Waals surface area (Å²) in [6, 6.07) is 10.3. The molecule has 0 aliphatic rings. The van der Waals surface area contributed by atoms with Crippen molar-refractivity contribution >= 4 is 0 Å². The summed E-state index contributed by atoms with van der Waals surface area (Å²) in [6.07, 6.45) is 2.67. The normalized spacial score (nSPS) is 10.5. The van der Waals surface area contributed by atoms with Crippen LogP contribution in [0.3, 0.4) is 0 Å². The molecule has 1 heterocycles. The van der Waals surface area contributed by atoms with Gasteiger partial charge in [0.2, 0.25) is 0 Å². The largest absolute Gasteiger partial charge is 0.330 e. The minimum absolute atomic E-state index is 0.650. The number of nitrogens with two attached hydrogens (primary N) is 1. The van der Waals surface area contributed by atoms with Gasteiger partial charge in [-0.2, -0.15) is 5.10 Å². The Morgan fingerprint density at radius 3 is 2.93 bits per heavy atom. The maximum atomic E-state index is 5.56. The number of aromatic nitrogens is 2. The van der Waals surface area contributed by atoms with Gasteiger partial charge in [0, 0.05) is 18.3 Å². The van der Waals surface area contributed by atoms with E-state index >= 15 is 0 Å². The number of nitrogens with zero attached hydrogens (tertiary/aromatic N) is 2. The zero-order valence-electron chi connectivity index (χ0n) is 8.85. The van der Waals surface area contributed by atoms with Crippen LogP contribution < -0.4 is 5.73 Å².